The maximum absolute atomic E-state index is 10.0. The first kappa shape index (κ1) is 11.9. The van der Waals surface area contributed by atoms with Crippen molar-refractivity contribution >= 4 is 15.9 Å². The molecule has 0 aliphatic carbocycles. The second-order valence-electron chi connectivity index (χ2n) is 4.15. The van der Waals surface area contributed by atoms with Crippen LogP contribution in [-0.4, -0.2) is 24.9 Å². The lowest BCUT2D eigenvalue weighted by atomic mass is 9.97. The molecule has 0 unspecified atom stereocenters. The van der Waals surface area contributed by atoms with E-state index in [0.29, 0.717) is 12.4 Å². The summed E-state index contributed by atoms with van der Waals surface area (Å²) >= 11 is 3.55. The van der Waals surface area contributed by atoms with Gasteiger partial charge in [-0.3, -0.25) is 0 Å². The molecule has 1 aliphatic rings. The molecule has 3 nitrogen and oxygen atoms in total. The summed E-state index contributed by atoms with van der Waals surface area (Å²) in [6, 6.07) is 1.88. The van der Waals surface area contributed by atoms with Gasteiger partial charge >= 0.3 is 0 Å². The maximum Gasteiger partial charge on any atom is 0.121 e. The summed E-state index contributed by atoms with van der Waals surface area (Å²) in [5.74, 6) is 0.348. The number of aromatic hydroxyl groups is 1. The molecule has 0 spiro atoms. The molecule has 0 saturated carbocycles. The average molecular weight is 286 g/mol. The van der Waals surface area contributed by atoms with Gasteiger partial charge in [0, 0.05) is 16.6 Å². The predicted molar refractivity (Wildman–Crippen MR) is 66.8 cm³/mol. The van der Waals surface area contributed by atoms with Crippen LogP contribution in [0.4, 0.5) is 0 Å². The van der Waals surface area contributed by atoms with Crippen molar-refractivity contribution in [2.24, 2.45) is 0 Å². The van der Waals surface area contributed by atoms with Crippen molar-refractivity contribution in [3.63, 3.8) is 0 Å². The third-order valence-corrected chi connectivity index (χ3v) is 4.20. The van der Waals surface area contributed by atoms with Gasteiger partial charge in [0.05, 0.1) is 19.3 Å². The molecular weight excluding hydrogens is 270 g/mol. The summed E-state index contributed by atoms with van der Waals surface area (Å²) in [7, 11) is 0. The molecule has 1 heterocycles. The molecule has 1 saturated heterocycles. The van der Waals surface area contributed by atoms with Gasteiger partial charge in [-0.25, -0.2) is 0 Å². The molecule has 0 aromatic heterocycles. The van der Waals surface area contributed by atoms with Crippen molar-refractivity contribution in [1.82, 2.24) is 5.32 Å². The molecule has 1 atom stereocenters. The number of hydrogen-bond acceptors (Lipinski definition) is 3. The van der Waals surface area contributed by atoms with Crippen molar-refractivity contribution in [2.75, 3.05) is 19.8 Å². The highest BCUT2D eigenvalue weighted by molar-refractivity contribution is 9.10. The van der Waals surface area contributed by atoms with Gasteiger partial charge in [-0.1, -0.05) is 15.9 Å². The van der Waals surface area contributed by atoms with Crippen LogP contribution in [0, 0.1) is 13.8 Å². The zero-order valence-corrected chi connectivity index (χ0v) is 11.1. The summed E-state index contributed by atoms with van der Waals surface area (Å²) in [4.78, 5) is 0. The Morgan fingerprint density at radius 1 is 1.50 bits per heavy atom. The van der Waals surface area contributed by atoms with Crippen LogP contribution in [0.15, 0.2) is 10.5 Å². The minimum atomic E-state index is 0.0886. The Kier molecular flexibility index (Phi) is 3.52. The lowest BCUT2D eigenvalue weighted by Gasteiger charge is -2.27. The minimum absolute atomic E-state index is 0.0886. The Morgan fingerprint density at radius 2 is 2.25 bits per heavy atom. The first-order valence-corrected chi connectivity index (χ1v) is 6.20. The Bertz CT molecular complexity index is 400. The molecule has 0 bridgehead atoms. The van der Waals surface area contributed by atoms with Crippen LogP contribution in [0.5, 0.6) is 5.75 Å². The average Bonchev–Trinajstić information content (AvgIpc) is 2.28. The fourth-order valence-electron chi connectivity index (χ4n) is 2.14. The van der Waals surface area contributed by atoms with E-state index in [-0.39, 0.29) is 6.04 Å². The van der Waals surface area contributed by atoms with Crippen LogP contribution in [0.2, 0.25) is 0 Å². The number of hydrogen-bond donors (Lipinski definition) is 2. The number of aryl methyl sites for hydroxylation is 1. The van der Waals surface area contributed by atoms with E-state index in [1.807, 2.05) is 13.8 Å². The smallest absolute Gasteiger partial charge is 0.121 e. The van der Waals surface area contributed by atoms with Crippen LogP contribution in [-0.2, 0) is 4.74 Å². The molecule has 0 radical (unpaired) electrons. The van der Waals surface area contributed by atoms with Crippen LogP contribution in [0.25, 0.3) is 0 Å². The molecule has 2 N–H and O–H groups in total. The van der Waals surface area contributed by atoms with Crippen LogP contribution in [0.3, 0.4) is 0 Å². The van der Waals surface area contributed by atoms with Gasteiger partial charge in [0.25, 0.3) is 0 Å². The molecule has 2 rings (SSSR count). The Labute approximate surface area is 104 Å². The number of ether oxygens (including phenoxy) is 1. The second kappa shape index (κ2) is 4.73. The Hall–Kier alpha value is -0.580. The van der Waals surface area contributed by atoms with E-state index >= 15 is 0 Å². The van der Waals surface area contributed by atoms with Crippen molar-refractivity contribution in [1.29, 1.82) is 0 Å². The van der Waals surface area contributed by atoms with Crippen molar-refractivity contribution in [2.45, 2.75) is 19.9 Å². The van der Waals surface area contributed by atoms with Crippen molar-refractivity contribution in [3.05, 3.63) is 27.2 Å². The summed E-state index contributed by atoms with van der Waals surface area (Å²) in [6.45, 7) is 6.18. The van der Waals surface area contributed by atoms with E-state index in [1.165, 1.54) is 0 Å². The van der Waals surface area contributed by atoms with E-state index < -0.39 is 0 Å². The van der Waals surface area contributed by atoms with Crippen LogP contribution >= 0.6 is 15.9 Å². The number of halogens is 1. The van der Waals surface area contributed by atoms with Gasteiger partial charge in [0.2, 0.25) is 0 Å². The van der Waals surface area contributed by atoms with Gasteiger partial charge in [-0.15, -0.1) is 0 Å². The number of nitrogens with one attached hydrogen (secondary N) is 1. The number of phenolic OH excluding ortho intramolecular Hbond substituents is 1. The predicted octanol–water partition coefficient (Wildman–Crippen LogP) is 2.43. The van der Waals surface area contributed by atoms with Gasteiger partial charge in [-0.05, 0) is 31.0 Å². The molecule has 1 fully saturated rings. The summed E-state index contributed by atoms with van der Waals surface area (Å²) in [5, 5.41) is 13.4. The number of rotatable bonds is 1. The Balaban J connectivity index is 2.42. The van der Waals surface area contributed by atoms with E-state index in [9.17, 15) is 5.11 Å². The van der Waals surface area contributed by atoms with E-state index in [1.54, 1.807) is 6.07 Å². The highest BCUT2D eigenvalue weighted by Crippen LogP contribution is 2.35. The van der Waals surface area contributed by atoms with E-state index in [2.05, 4.69) is 21.2 Å². The highest BCUT2D eigenvalue weighted by Gasteiger charge is 2.22. The highest BCUT2D eigenvalue weighted by atomic mass is 79.9. The molecule has 1 aromatic rings. The van der Waals surface area contributed by atoms with Gasteiger partial charge in [0.1, 0.15) is 5.75 Å². The normalized spacial score (nSPS) is 21.1. The third kappa shape index (κ3) is 2.10. The fraction of sp³-hybridized carbons (Fsp3) is 0.500. The monoisotopic (exact) mass is 285 g/mol. The molecule has 0 amide bonds. The van der Waals surface area contributed by atoms with Gasteiger partial charge in [-0.2, -0.15) is 0 Å². The summed E-state index contributed by atoms with van der Waals surface area (Å²) in [6.07, 6.45) is 0. The largest absolute Gasteiger partial charge is 0.508 e. The SMILES string of the molecule is Cc1cc(O)c([C@H]2COCCN2)c(C)c1Br. The zero-order valence-electron chi connectivity index (χ0n) is 9.51. The first-order valence-electron chi connectivity index (χ1n) is 5.41. The van der Waals surface area contributed by atoms with Gasteiger partial charge in [0.15, 0.2) is 0 Å². The van der Waals surface area contributed by atoms with Crippen LogP contribution < -0.4 is 5.32 Å². The number of morpholine rings is 1. The molecule has 1 aliphatic heterocycles. The second-order valence-corrected chi connectivity index (χ2v) is 4.94. The lowest BCUT2D eigenvalue weighted by molar-refractivity contribution is 0.0758. The van der Waals surface area contributed by atoms with Crippen LogP contribution in [0.1, 0.15) is 22.7 Å². The quantitative estimate of drug-likeness (QED) is 0.833. The molecule has 16 heavy (non-hydrogen) atoms. The van der Waals surface area contributed by atoms with E-state index in [4.69, 9.17) is 4.74 Å². The van der Waals surface area contributed by atoms with Crippen molar-refractivity contribution < 1.29 is 9.84 Å². The standard InChI is InChI=1S/C12H16BrNO2/c1-7-5-10(15)11(8(2)12(7)13)9-6-16-4-3-14-9/h5,9,14-15H,3-4,6H2,1-2H3/t9-/m1/s1. The molecular formula is C12H16BrNO2. The zero-order chi connectivity index (χ0) is 11.7. The fourth-order valence-corrected chi connectivity index (χ4v) is 2.47. The number of benzene rings is 1. The Morgan fingerprint density at radius 3 is 2.88 bits per heavy atom. The lowest BCUT2D eigenvalue weighted by Crippen LogP contribution is -2.35. The molecule has 4 heteroatoms. The summed E-state index contributed by atoms with van der Waals surface area (Å²) < 4.78 is 6.49. The third-order valence-electron chi connectivity index (χ3n) is 2.98. The minimum Gasteiger partial charge on any atom is -0.508 e. The maximum atomic E-state index is 10.0. The molecule has 1 aromatic carbocycles. The molecule has 88 valence electrons. The topological polar surface area (TPSA) is 41.5 Å². The summed E-state index contributed by atoms with van der Waals surface area (Å²) in [5.41, 5.74) is 3.08. The van der Waals surface area contributed by atoms with E-state index in [0.717, 1.165) is 34.3 Å². The number of phenols is 1. The van der Waals surface area contributed by atoms with Crippen molar-refractivity contribution in [3.8, 4) is 5.75 Å². The first-order chi connectivity index (χ1) is 7.61. The van der Waals surface area contributed by atoms with Gasteiger partial charge < -0.3 is 15.2 Å².